The van der Waals surface area contributed by atoms with Crippen LogP contribution >= 0.6 is 0 Å². The fourth-order valence-corrected chi connectivity index (χ4v) is 2.01. The number of ether oxygens (including phenoxy) is 2. The SMILES string of the molecule is COCCC(C)NC(C)c1ccc(OC(C)C)cc1. The predicted octanol–water partition coefficient (Wildman–Crippen LogP) is 3.55. The molecular formula is C16H27NO2. The molecule has 2 atom stereocenters. The summed E-state index contributed by atoms with van der Waals surface area (Å²) < 4.78 is 10.7. The first kappa shape index (κ1) is 16.0. The highest BCUT2D eigenvalue weighted by Gasteiger charge is 2.09. The van der Waals surface area contributed by atoms with Crippen molar-refractivity contribution in [2.75, 3.05) is 13.7 Å². The Labute approximate surface area is 117 Å². The average molecular weight is 265 g/mol. The Kier molecular flexibility index (Phi) is 6.89. The van der Waals surface area contributed by atoms with Crippen LogP contribution in [0.4, 0.5) is 0 Å². The summed E-state index contributed by atoms with van der Waals surface area (Å²) in [6.45, 7) is 9.24. The van der Waals surface area contributed by atoms with Crippen molar-refractivity contribution in [2.45, 2.75) is 52.3 Å². The van der Waals surface area contributed by atoms with Gasteiger partial charge in [-0.05, 0) is 51.8 Å². The molecule has 0 aliphatic heterocycles. The van der Waals surface area contributed by atoms with Crippen molar-refractivity contribution >= 4 is 0 Å². The number of methoxy groups -OCH3 is 1. The Morgan fingerprint density at radius 1 is 1.05 bits per heavy atom. The second-order valence-electron chi connectivity index (χ2n) is 5.31. The molecule has 0 radical (unpaired) electrons. The summed E-state index contributed by atoms with van der Waals surface area (Å²) in [6.07, 6.45) is 1.24. The van der Waals surface area contributed by atoms with Gasteiger partial charge in [0.15, 0.2) is 0 Å². The van der Waals surface area contributed by atoms with E-state index in [1.807, 2.05) is 26.0 Å². The van der Waals surface area contributed by atoms with Crippen LogP contribution in [0, 0.1) is 0 Å². The number of hydrogen-bond donors (Lipinski definition) is 1. The van der Waals surface area contributed by atoms with Crippen LogP contribution in [0.2, 0.25) is 0 Å². The number of nitrogens with one attached hydrogen (secondary N) is 1. The van der Waals surface area contributed by atoms with Crippen LogP contribution in [0.15, 0.2) is 24.3 Å². The molecule has 108 valence electrons. The Morgan fingerprint density at radius 3 is 2.21 bits per heavy atom. The molecule has 1 rings (SSSR count). The molecule has 0 amide bonds. The van der Waals surface area contributed by atoms with E-state index in [-0.39, 0.29) is 6.10 Å². The van der Waals surface area contributed by atoms with Gasteiger partial charge in [0.2, 0.25) is 0 Å². The average Bonchev–Trinajstić information content (AvgIpc) is 2.36. The molecule has 0 saturated heterocycles. The van der Waals surface area contributed by atoms with Gasteiger partial charge in [0.1, 0.15) is 5.75 Å². The van der Waals surface area contributed by atoms with Crippen molar-refractivity contribution in [2.24, 2.45) is 0 Å². The van der Waals surface area contributed by atoms with Crippen LogP contribution in [0.1, 0.15) is 45.7 Å². The van der Waals surface area contributed by atoms with Gasteiger partial charge in [0.05, 0.1) is 6.10 Å². The lowest BCUT2D eigenvalue weighted by molar-refractivity contribution is 0.183. The summed E-state index contributed by atoms with van der Waals surface area (Å²) in [7, 11) is 1.74. The minimum absolute atomic E-state index is 0.218. The summed E-state index contributed by atoms with van der Waals surface area (Å²) in [5, 5.41) is 3.57. The lowest BCUT2D eigenvalue weighted by Gasteiger charge is -2.20. The van der Waals surface area contributed by atoms with Gasteiger partial charge in [0, 0.05) is 25.8 Å². The maximum absolute atomic E-state index is 5.65. The van der Waals surface area contributed by atoms with E-state index in [2.05, 4.69) is 31.3 Å². The zero-order valence-electron chi connectivity index (χ0n) is 12.8. The zero-order chi connectivity index (χ0) is 14.3. The van der Waals surface area contributed by atoms with Crippen LogP contribution in [0.5, 0.6) is 5.75 Å². The van der Waals surface area contributed by atoms with E-state index in [4.69, 9.17) is 9.47 Å². The topological polar surface area (TPSA) is 30.5 Å². The maximum atomic E-state index is 5.65. The van der Waals surface area contributed by atoms with Gasteiger partial charge in [0.25, 0.3) is 0 Å². The fourth-order valence-electron chi connectivity index (χ4n) is 2.01. The molecule has 0 aliphatic carbocycles. The van der Waals surface area contributed by atoms with E-state index in [1.54, 1.807) is 7.11 Å². The minimum atomic E-state index is 0.218. The van der Waals surface area contributed by atoms with Gasteiger partial charge in [-0.3, -0.25) is 0 Å². The summed E-state index contributed by atoms with van der Waals surface area (Å²) in [6, 6.07) is 9.10. The molecule has 0 saturated carbocycles. The summed E-state index contributed by atoms with van der Waals surface area (Å²) >= 11 is 0. The van der Waals surface area contributed by atoms with Gasteiger partial charge >= 0.3 is 0 Å². The first-order valence-corrected chi connectivity index (χ1v) is 7.04. The molecule has 0 spiro atoms. The van der Waals surface area contributed by atoms with Crippen molar-refractivity contribution in [3.05, 3.63) is 29.8 Å². The Hall–Kier alpha value is -1.06. The van der Waals surface area contributed by atoms with E-state index in [9.17, 15) is 0 Å². The lowest BCUT2D eigenvalue weighted by atomic mass is 10.1. The minimum Gasteiger partial charge on any atom is -0.491 e. The fraction of sp³-hybridized carbons (Fsp3) is 0.625. The van der Waals surface area contributed by atoms with E-state index >= 15 is 0 Å². The highest BCUT2D eigenvalue weighted by Crippen LogP contribution is 2.19. The molecule has 3 heteroatoms. The molecule has 3 nitrogen and oxygen atoms in total. The van der Waals surface area contributed by atoms with E-state index in [0.29, 0.717) is 12.1 Å². The molecule has 1 aromatic carbocycles. The second-order valence-corrected chi connectivity index (χ2v) is 5.31. The molecule has 0 fully saturated rings. The van der Waals surface area contributed by atoms with Gasteiger partial charge < -0.3 is 14.8 Å². The number of rotatable bonds is 8. The molecule has 1 N–H and O–H groups in total. The van der Waals surface area contributed by atoms with Gasteiger partial charge in [-0.25, -0.2) is 0 Å². The van der Waals surface area contributed by atoms with Crippen LogP contribution in [0.25, 0.3) is 0 Å². The van der Waals surface area contributed by atoms with Crippen molar-refractivity contribution in [1.82, 2.24) is 5.32 Å². The van der Waals surface area contributed by atoms with E-state index in [0.717, 1.165) is 18.8 Å². The molecular weight excluding hydrogens is 238 g/mol. The van der Waals surface area contributed by atoms with Gasteiger partial charge in [-0.15, -0.1) is 0 Å². The standard InChI is InChI=1S/C16H27NO2/c1-12(2)19-16-8-6-15(7-9-16)14(4)17-13(3)10-11-18-5/h6-9,12-14,17H,10-11H2,1-5H3. The van der Waals surface area contributed by atoms with E-state index < -0.39 is 0 Å². The summed E-state index contributed by atoms with van der Waals surface area (Å²) in [5.74, 6) is 0.929. The number of hydrogen-bond acceptors (Lipinski definition) is 3. The number of benzene rings is 1. The van der Waals surface area contributed by atoms with Crippen molar-refractivity contribution in [3.8, 4) is 5.75 Å². The smallest absolute Gasteiger partial charge is 0.119 e. The van der Waals surface area contributed by atoms with Crippen LogP contribution < -0.4 is 10.1 Å². The Morgan fingerprint density at radius 2 is 1.68 bits per heavy atom. The van der Waals surface area contributed by atoms with Gasteiger partial charge in [-0.1, -0.05) is 12.1 Å². The largest absolute Gasteiger partial charge is 0.491 e. The predicted molar refractivity (Wildman–Crippen MR) is 79.7 cm³/mol. The molecule has 0 aromatic heterocycles. The molecule has 0 heterocycles. The monoisotopic (exact) mass is 265 g/mol. The maximum Gasteiger partial charge on any atom is 0.119 e. The van der Waals surface area contributed by atoms with Crippen molar-refractivity contribution < 1.29 is 9.47 Å². The third-order valence-electron chi connectivity index (χ3n) is 3.04. The first-order chi connectivity index (χ1) is 9.02. The summed E-state index contributed by atoms with van der Waals surface area (Å²) in [4.78, 5) is 0. The molecule has 19 heavy (non-hydrogen) atoms. The van der Waals surface area contributed by atoms with E-state index in [1.165, 1.54) is 5.56 Å². The molecule has 2 unspecified atom stereocenters. The zero-order valence-corrected chi connectivity index (χ0v) is 12.8. The second kappa shape index (κ2) is 8.18. The molecule has 0 bridgehead atoms. The van der Waals surface area contributed by atoms with Crippen LogP contribution in [0.3, 0.4) is 0 Å². The van der Waals surface area contributed by atoms with Crippen molar-refractivity contribution in [3.63, 3.8) is 0 Å². The Balaban J connectivity index is 2.50. The quantitative estimate of drug-likeness (QED) is 0.779. The third kappa shape index (κ3) is 6.08. The van der Waals surface area contributed by atoms with Crippen molar-refractivity contribution in [1.29, 1.82) is 0 Å². The molecule has 1 aromatic rings. The van der Waals surface area contributed by atoms with Gasteiger partial charge in [-0.2, -0.15) is 0 Å². The first-order valence-electron chi connectivity index (χ1n) is 7.04. The highest BCUT2D eigenvalue weighted by atomic mass is 16.5. The van der Waals surface area contributed by atoms with Crippen LogP contribution in [-0.4, -0.2) is 25.9 Å². The van der Waals surface area contributed by atoms with Crippen LogP contribution in [-0.2, 0) is 4.74 Å². The Bertz CT molecular complexity index is 348. The normalized spacial score (nSPS) is 14.4. The lowest BCUT2D eigenvalue weighted by Crippen LogP contribution is -2.29. The molecule has 0 aliphatic rings. The highest BCUT2D eigenvalue weighted by molar-refractivity contribution is 5.29. The third-order valence-corrected chi connectivity index (χ3v) is 3.04. The summed E-state index contributed by atoms with van der Waals surface area (Å²) in [5.41, 5.74) is 1.28.